The van der Waals surface area contributed by atoms with Crippen LogP contribution in [0.3, 0.4) is 0 Å². The zero-order valence-electron chi connectivity index (χ0n) is 14.5. The van der Waals surface area contributed by atoms with Crippen LogP contribution < -0.4 is 5.32 Å². The molecule has 1 aliphatic rings. The van der Waals surface area contributed by atoms with Crippen molar-refractivity contribution in [2.75, 3.05) is 18.4 Å². The zero-order valence-corrected chi connectivity index (χ0v) is 14.5. The van der Waals surface area contributed by atoms with Gasteiger partial charge >= 0.3 is 0 Å². The van der Waals surface area contributed by atoms with Gasteiger partial charge in [0.25, 0.3) is 5.69 Å². The maximum absolute atomic E-state index is 11.9. The number of rotatable bonds is 5. The highest BCUT2D eigenvalue weighted by atomic mass is 16.6. The van der Waals surface area contributed by atoms with Crippen molar-refractivity contribution < 1.29 is 9.72 Å². The first-order valence-corrected chi connectivity index (χ1v) is 8.64. The average molecular weight is 342 g/mol. The van der Waals surface area contributed by atoms with Crippen LogP contribution >= 0.6 is 0 Å². The molecule has 1 atom stereocenters. The van der Waals surface area contributed by atoms with Crippen molar-refractivity contribution in [2.24, 2.45) is 0 Å². The van der Waals surface area contributed by atoms with Gasteiger partial charge in [-0.05, 0) is 25.0 Å². The van der Waals surface area contributed by atoms with Crippen LogP contribution in [0.5, 0.6) is 0 Å². The molecule has 1 saturated heterocycles. The Morgan fingerprint density at radius 2 is 2.20 bits per heavy atom. The fourth-order valence-electron chi connectivity index (χ4n) is 3.23. The van der Waals surface area contributed by atoms with E-state index in [-0.39, 0.29) is 17.6 Å². The molecule has 3 rings (SSSR count). The highest BCUT2D eigenvalue weighted by molar-refractivity contribution is 5.93. The lowest BCUT2D eigenvalue weighted by atomic mass is 10.1. The highest BCUT2D eigenvalue weighted by Gasteiger charge is 2.25. The SMILES string of the molecule is CCC(=O)N1CC[C@@H](Nc2cc(CC)nc3ccc([N+](=O)[O-])cc23)C1. The Balaban J connectivity index is 1.92. The van der Waals surface area contributed by atoms with Crippen molar-refractivity contribution in [2.45, 2.75) is 39.2 Å². The number of nitrogens with one attached hydrogen (secondary N) is 1. The molecule has 132 valence electrons. The molecule has 1 aromatic carbocycles. The van der Waals surface area contributed by atoms with Gasteiger partial charge in [-0.3, -0.25) is 19.9 Å². The van der Waals surface area contributed by atoms with E-state index in [1.807, 2.05) is 24.8 Å². The van der Waals surface area contributed by atoms with Gasteiger partial charge in [0.2, 0.25) is 5.91 Å². The van der Waals surface area contributed by atoms with E-state index < -0.39 is 4.92 Å². The molecule has 2 aromatic rings. The van der Waals surface area contributed by atoms with E-state index in [0.717, 1.165) is 41.7 Å². The number of pyridine rings is 1. The Kier molecular flexibility index (Phi) is 4.83. The Bertz CT molecular complexity index is 821. The van der Waals surface area contributed by atoms with E-state index in [4.69, 9.17) is 0 Å². The minimum atomic E-state index is -0.395. The molecule has 0 aliphatic carbocycles. The van der Waals surface area contributed by atoms with Crippen LogP contribution in [0.1, 0.15) is 32.4 Å². The fraction of sp³-hybridized carbons (Fsp3) is 0.444. The third-order valence-corrected chi connectivity index (χ3v) is 4.62. The number of carbonyl (C=O) groups excluding carboxylic acids is 1. The molecule has 1 N–H and O–H groups in total. The molecule has 25 heavy (non-hydrogen) atoms. The minimum absolute atomic E-state index is 0.0517. The number of fused-ring (bicyclic) bond motifs is 1. The Hall–Kier alpha value is -2.70. The predicted molar refractivity (Wildman–Crippen MR) is 96.7 cm³/mol. The van der Waals surface area contributed by atoms with Gasteiger partial charge in [-0.25, -0.2) is 0 Å². The van der Waals surface area contributed by atoms with Gasteiger partial charge in [-0.2, -0.15) is 0 Å². The van der Waals surface area contributed by atoms with E-state index in [2.05, 4.69) is 10.3 Å². The standard InChI is InChI=1S/C18H22N4O3/c1-3-12-9-17(20-13-7-8-21(11-13)18(23)4-2)15-10-14(22(24)25)5-6-16(15)19-12/h5-6,9-10,13H,3-4,7-8,11H2,1-2H3,(H,19,20)/t13-/m1/s1. The Morgan fingerprint density at radius 1 is 1.40 bits per heavy atom. The first-order chi connectivity index (χ1) is 12.0. The number of carbonyl (C=O) groups is 1. The summed E-state index contributed by atoms with van der Waals surface area (Å²) in [6, 6.07) is 6.84. The number of benzene rings is 1. The summed E-state index contributed by atoms with van der Waals surface area (Å²) in [6.07, 6.45) is 2.16. The lowest BCUT2D eigenvalue weighted by Crippen LogP contribution is -2.31. The van der Waals surface area contributed by atoms with Crippen LogP contribution in [0.2, 0.25) is 0 Å². The van der Waals surface area contributed by atoms with Gasteiger partial charge < -0.3 is 10.2 Å². The van der Waals surface area contributed by atoms with E-state index in [0.29, 0.717) is 13.0 Å². The van der Waals surface area contributed by atoms with Crippen molar-refractivity contribution in [3.8, 4) is 0 Å². The number of nitrogens with zero attached hydrogens (tertiary/aromatic N) is 3. The summed E-state index contributed by atoms with van der Waals surface area (Å²) in [5.41, 5.74) is 2.58. The Labute approximate surface area is 146 Å². The molecule has 1 aromatic heterocycles. The zero-order chi connectivity index (χ0) is 18.0. The van der Waals surface area contributed by atoms with E-state index in [9.17, 15) is 14.9 Å². The smallest absolute Gasteiger partial charge is 0.270 e. The number of hydrogen-bond acceptors (Lipinski definition) is 5. The Morgan fingerprint density at radius 3 is 2.88 bits per heavy atom. The lowest BCUT2D eigenvalue weighted by molar-refractivity contribution is -0.384. The van der Waals surface area contributed by atoms with E-state index in [1.165, 1.54) is 6.07 Å². The number of anilines is 1. The summed E-state index contributed by atoms with van der Waals surface area (Å²) >= 11 is 0. The largest absolute Gasteiger partial charge is 0.380 e. The molecule has 1 amide bonds. The monoisotopic (exact) mass is 342 g/mol. The number of nitro groups is 1. The lowest BCUT2D eigenvalue weighted by Gasteiger charge is -2.18. The fourth-order valence-corrected chi connectivity index (χ4v) is 3.23. The van der Waals surface area contributed by atoms with Gasteiger partial charge in [-0.15, -0.1) is 0 Å². The van der Waals surface area contributed by atoms with E-state index in [1.54, 1.807) is 12.1 Å². The van der Waals surface area contributed by atoms with Crippen LogP contribution in [0.25, 0.3) is 10.9 Å². The van der Waals surface area contributed by atoms with Gasteiger partial charge in [-0.1, -0.05) is 13.8 Å². The maximum Gasteiger partial charge on any atom is 0.270 e. The minimum Gasteiger partial charge on any atom is -0.380 e. The normalized spacial score (nSPS) is 17.0. The molecule has 2 heterocycles. The third-order valence-electron chi connectivity index (χ3n) is 4.62. The molecule has 1 aliphatic heterocycles. The number of non-ortho nitro benzene ring substituents is 1. The topological polar surface area (TPSA) is 88.4 Å². The van der Waals surface area contributed by atoms with Crippen molar-refractivity contribution in [1.82, 2.24) is 9.88 Å². The third kappa shape index (κ3) is 3.55. The van der Waals surface area contributed by atoms with Crippen molar-refractivity contribution in [3.05, 3.63) is 40.1 Å². The first-order valence-electron chi connectivity index (χ1n) is 8.64. The van der Waals surface area contributed by atoms with Crippen molar-refractivity contribution >= 4 is 28.2 Å². The molecule has 0 spiro atoms. The summed E-state index contributed by atoms with van der Waals surface area (Å²) < 4.78 is 0. The van der Waals surface area contributed by atoms with Crippen LogP contribution in [-0.2, 0) is 11.2 Å². The molecule has 0 saturated carbocycles. The molecule has 7 nitrogen and oxygen atoms in total. The molecular formula is C18H22N4O3. The molecular weight excluding hydrogens is 320 g/mol. The summed E-state index contributed by atoms with van der Waals surface area (Å²) in [4.78, 5) is 29.0. The summed E-state index contributed by atoms with van der Waals surface area (Å²) in [6.45, 7) is 5.30. The van der Waals surface area contributed by atoms with Gasteiger partial charge in [0, 0.05) is 54.5 Å². The summed E-state index contributed by atoms with van der Waals surface area (Å²) in [5, 5.41) is 15.3. The second kappa shape index (κ2) is 7.04. The summed E-state index contributed by atoms with van der Waals surface area (Å²) in [7, 11) is 0. The van der Waals surface area contributed by atoms with Crippen LogP contribution in [0.15, 0.2) is 24.3 Å². The second-order valence-electron chi connectivity index (χ2n) is 6.30. The maximum atomic E-state index is 11.9. The average Bonchev–Trinajstić information content (AvgIpc) is 3.08. The number of likely N-dealkylation sites (tertiary alicyclic amines) is 1. The van der Waals surface area contributed by atoms with Crippen molar-refractivity contribution in [3.63, 3.8) is 0 Å². The van der Waals surface area contributed by atoms with Gasteiger partial charge in [0.15, 0.2) is 0 Å². The van der Waals surface area contributed by atoms with E-state index >= 15 is 0 Å². The van der Waals surface area contributed by atoms with Crippen LogP contribution in [0.4, 0.5) is 11.4 Å². The summed E-state index contributed by atoms with van der Waals surface area (Å²) in [5.74, 6) is 0.161. The quantitative estimate of drug-likeness (QED) is 0.666. The molecule has 1 fully saturated rings. The van der Waals surface area contributed by atoms with Crippen LogP contribution in [0, 0.1) is 10.1 Å². The number of nitro benzene ring substituents is 1. The molecule has 0 radical (unpaired) electrons. The highest BCUT2D eigenvalue weighted by Crippen LogP contribution is 2.29. The second-order valence-corrected chi connectivity index (χ2v) is 6.30. The van der Waals surface area contributed by atoms with Gasteiger partial charge in [0.05, 0.1) is 10.4 Å². The van der Waals surface area contributed by atoms with Crippen molar-refractivity contribution in [1.29, 1.82) is 0 Å². The molecule has 7 heteroatoms. The molecule has 0 unspecified atom stereocenters. The first kappa shape index (κ1) is 17.1. The van der Waals surface area contributed by atoms with Crippen LogP contribution in [-0.4, -0.2) is 39.8 Å². The number of hydrogen-bond donors (Lipinski definition) is 1. The number of amides is 1. The number of aromatic nitrogens is 1. The number of aryl methyl sites for hydroxylation is 1. The van der Waals surface area contributed by atoms with Gasteiger partial charge in [0.1, 0.15) is 0 Å². The molecule has 0 bridgehead atoms. The predicted octanol–water partition coefficient (Wildman–Crippen LogP) is 3.13.